The number of morpholine rings is 1. The molecule has 132 valence electrons. The molecule has 1 atom stereocenters. The van der Waals surface area contributed by atoms with Gasteiger partial charge in [-0.3, -0.25) is 4.90 Å². The van der Waals surface area contributed by atoms with Crippen molar-refractivity contribution in [2.75, 3.05) is 44.3 Å². The van der Waals surface area contributed by atoms with E-state index in [4.69, 9.17) is 9.47 Å². The number of hydrogen-bond acceptors (Lipinski definition) is 6. The van der Waals surface area contributed by atoms with Gasteiger partial charge in [-0.15, -0.1) is 0 Å². The minimum atomic E-state index is -0.309. The molecule has 0 N–H and O–H groups in total. The number of ether oxygens (including phenoxy) is 2. The zero-order valence-corrected chi connectivity index (χ0v) is 14.6. The molecule has 2 aliphatic rings. The number of rotatable bonds is 4. The smallest absolute Gasteiger partial charge is 0.339 e. The van der Waals surface area contributed by atoms with Gasteiger partial charge in [0, 0.05) is 38.4 Å². The average Bonchev–Trinajstić information content (AvgIpc) is 2.62. The molecule has 6 nitrogen and oxygen atoms in total. The topological polar surface area (TPSA) is 54.9 Å². The standard InChI is InChI=1S/C18H27N3O3/c1-3-23-18(22)15-4-5-17(19-12-15)20-8-6-16(7-9-20)21-10-11-24-14(2)13-21/h4-5,12,14,16H,3,6-11,13H2,1-2H3. The van der Waals surface area contributed by atoms with Crippen LogP contribution in [-0.2, 0) is 9.47 Å². The number of piperidine rings is 1. The van der Waals surface area contributed by atoms with Gasteiger partial charge in [0.2, 0.25) is 0 Å². The van der Waals surface area contributed by atoms with Crippen LogP contribution in [0.4, 0.5) is 5.82 Å². The van der Waals surface area contributed by atoms with Gasteiger partial charge in [0.25, 0.3) is 0 Å². The van der Waals surface area contributed by atoms with Crippen molar-refractivity contribution in [3.8, 4) is 0 Å². The molecule has 2 aliphatic heterocycles. The molecular formula is C18H27N3O3. The van der Waals surface area contributed by atoms with Crippen LogP contribution in [0, 0.1) is 0 Å². The van der Waals surface area contributed by atoms with Gasteiger partial charge in [0.05, 0.1) is 24.9 Å². The van der Waals surface area contributed by atoms with Gasteiger partial charge in [-0.05, 0) is 38.8 Å². The molecule has 0 saturated carbocycles. The molecule has 0 spiro atoms. The van der Waals surface area contributed by atoms with Crippen LogP contribution in [0.3, 0.4) is 0 Å². The number of esters is 1. The highest BCUT2D eigenvalue weighted by Gasteiger charge is 2.28. The SMILES string of the molecule is CCOC(=O)c1ccc(N2CCC(N3CCOC(C)C3)CC2)nc1. The minimum Gasteiger partial charge on any atom is -0.462 e. The summed E-state index contributed by atoms with van der Waals surface area (Å²) in [5, 5.41) is 0. The lowest BCUT2D eigenvalue weighted by Crippen LogP contribution is -2.51. The van der Waals surface area contributed by atoms with Crippen molar-refractivity contribution in [2.24, 2.45) is 0 Å². The van der Waals surface area contributed by atoms with E-state index in [9.17, 15) is 4.79 Å². The molecule has 2 fully saturated rings. The number of hydrogen-bond donors (Lipinski definition) is 0. The van der Waals surface area contributed by atoms with Crippen LogP contribution in [0.2, 0.25) is 0 Å². The number of carbonyl (C=O) groups excluding carboxylic acids is 1. The summed E-state index contributed by atoms with van der Waals surface area (Å²) in [5.41, 5.74) is 0.512. The van der Waals surface area contributed by atoms with Crippen LogP contribution < -0.4 is 4.90 Å². The van der Waals surface area contributed by atoms with E-state index in [0.717, 1.165) is 51.4 Å². The van der Waals surface area contributed by atoms with E-state index in [1.807, 2.05) is 6.07 Å². The molecule has 0 bridgehead atoms. The highest BCUT2D eigenvalue weighted by molar-refractivity contribution is 5.89. The largest absolute Gasteiger partial charge is 0.462 e. The van der Waals surface area contributed by atoms with Crippen LogP contribution in [0.1, 0.15) is 37.0 Å². The molecule has 3 rings (SSSR count). The highest BCUT2D eigenvalue weighted by Crippen LogP contribution is 2.23. The second-order valence-corrected chi connectivity index (χ2v) is 6.52. The molecule has 24 heavy (non-hydrogen) atoms. The van der Waals surface area contributed by atoms with Crippen molar-refractivity contribution in [3.63, 3.8) is 0 Å². The van der Waals surface area contributed by atoms with Crippen molar-refractivity contribution in [1.29, 1.82) is 0 Å². The van der Waals surface area contributed by atoms with Gasteiger partial charge in [-0.2, -0.15) is 0 Å². The molecule has 1 aromatic heterocycles. The zero-order chi connectivity index (χ0) is 16.9. The summed E-state index contributed by atoms with van der Waals surface area (Å²) in [5.74, 6) is 0.633. The maximum absolute atomic E-state index is 11.7. The Balaban J connectivity index is 1.53. The zero-order valence-electron chi connectivity index (χ0n) is 14.6. The van der Waals surface area contributed by atoms with Crippen LogP contribution >= 0.6 is 0 Å². The molecular weight excluding hydrogens is 306 g/mol. The second kappa shape index (κ2) is 7.94. The fourth-order valence-electron chi connectivity index (χ4n) is 3.55. The molecule has 0 aliphatic carbocycles. The lowest BCUT2D eigenvalue weighted by atomic mass is 10.0. The van der Waals surface area contributed by atoms with Gasteiger partial charge in [0.1, 0.15) is 5.82 Å². The lowest BCUT2D eigenvalue weighted by molar-refractivity contribution is -0.0373. The van der Waals surface area contributed by atoms with Crippen LogP contribution in [0.25, 0.3) is 0 Å². The van der Waals surface area contributed by atoms with E-state index in [1.54, 1.807) is 19.2 Å². The maximum Gasteiger partial charge on any atom is 0.339 e. The average molecular weight is 333 g/mol. The Kier molecular flexibility index (Phi) is 5.68. The Labute approximate surface area is 143 Å². The summed E-state index contributed by atoms with van der Waals surface area (Å²) >= 11 is 0. The molecule has 3 heterocycles. The fourth-order valence-corrected chi connectivity index (χ4v) is 3.55. The van der Waals surface area contributed by atoms with Gasteiger partial charge in [-0.1, -0.05) is 0 Å². The lowest BCUT2D eigenvalue weighted by Gasteiger charge is -2.42. The molecule has 0 aromatic carbocycles. The summed E-state index contributed by atoms with van der Waals surface area (Å²) in [6.07, 6.45) is 4.25. The summed E-state index contributed by atoms with van der Waals surface area (Å²) in [4.78, 5) is 21.0. The minimum absolute atomic E-state index is 0.309. The predicted molar refractivity (Wildman–Crippen MR) is 92.4 cm³/mol. The van der Waals surface area contributed by atoms with Crippen LogP contribution in [0.15, 0.2) is 18.3 Å². The Morgan fingerprint density at radius 2 is 2.12 bits per heavy atom. The van der Waals surface area contributed by atoms with Gasteiger partial charge in [0.15, 0.2) is 0 Å². The number of nitrogens with zero attached hydrogens (tertiary/aromatic N) is 3. The summed E-state index contributed by atoms with van der Waals surface area (Å²) in [6.45, 7) is 9.27. The van der Waals surface area contributed by atoms with E-state index >= 15 is 0 Å². The molecule has 0 radical (unpaired) electrons. The van der Waals surface area contributed by atoms with Crippen molar-refractivity contribution >= 4 is 11.8 Å². The molecule has 6 heteroatoms. The summed E-state index contributed by atoms with van der Waals surface area (Å²) in [6, 6.07) is 4.37. The van der Waals surface area contributed by atoms with Crippen molar-refractivity contribution in [1.82, 2.24) is 9.88 Å². The Morgan fingerprint density at radius 3 is 2.75 bits per heavy atom. The van der Waals surface area contributed by atoms with E-state index in [0.29, 0.717) is 24.3 Å². The van der Waals surface area contributed by atoms with Crippen LogP contribution in [-0.4, -0.2) is 67.4 Å². The fraction of sp³-hybridized carbons (Fsp3) is 0.667. The molecule has 2 saturated heterocycles. The normalized spacial score (nSPS) is 23.2. The third kappa shape index (κ3) is 4.05. The molecule has 1 aromatic rings. The molecule has 1 unspecified atom stereocenters. The van der Waals surface area contributed by atoms with E-state index in [1.165, 1.54) is 0 Å². The Hall–Kier alpha value is -1.66. The maximum atomic E-state index is 11.7. The van der Waals surface area contributed by atoms with Gasteiger partial charge >= 0.3 is 5.97 Å². The first kappa shape index (κ1) is 17.2. The number of anilines is 1. The predicted octanol–water partition coefficient (Wildman–Crippen LogP) is 1.95. The van der Waals surface area contributed by atoms with E-state index in [-0.39, 0.29) is 5.97 Å². The second-order valence-electron chi connectivity index (χ2n) is 6.52. The first-order chi connectivity index (χ1) is 11.7. The van der Waals surface area contributed by atoms with E-state index < -0.39 is 0 Å². The highest BCUT2D eigenvalue weighted by atomic mass is 16.5. The van der Waals surface area contributed by atoms with Crippen LogP contribution in [0.5, 0.6) is 0 Å². The Bertz CT molecular complexity index is 541. The van der Waals surface area contributed by atoms with E-state index in [2.05, 4.69) is 21.7 Å². The number of aromatic nitrogens is 1. The third-order valence-electron chi connectivity index (χ3n) is 4.84. The van der Waals surface area contributed by atoms with Crippen molar-refractivity contribution in [2.45, 2.75) is 38.8 Å². The number of pyridine rings is 1. The Morgan fingerprint density at radius 1 is 1.33 bits per heavy atom. The summed E-state index contributed by atoms with van der Waals surface area (Å²) < 4.78 is 10.6. The van der Waals surface area contributed by atoms with Crippen molar-refractivity contribution < 1.29 is 14.3 Å². The third-order valence-corrected chi connectivity index (χ3v) is 4.84. The van der Waals surface area contributed by atoms with Crippen molar-refractivity contribution in [3.05, 3.63) is 23.9 Å². The van der Waals surface area contributed by atoms with Gasteiger partial charge < -0.3 is 14.4 Å². The van der Waals surface area contributed by atoms with Gasteiger partial charge in [-0.25, -0.2) is 9.78 Å². The number of carbonyl (C=O) groups is 1. The first-order valence-electron chi connectivity index (χ1n) is 8.91. The molecule has 0 amide bonds. The monoisotopic (exact) mass is 333 g/mol. The summed E-state index contributed by atoms with van der Waals surface area (Å²) in [7, 11) is 0. The first-order valence-corrected chi connectivity index (χ1v) is 8.91. The quantitative estimate of drug-likeness (QED) is 0.785.